The lowest BCUT2D eigenvalue weighted by atomic mass is 9.89. The van der Waals surface area contributed by atoms with Gasteiger partial charge >= 0.3 is 0 Å². The summed E-state index contributed by atoms with van der Waals surface area (Å²) in [5, 5.41) is 3.48. The first kappa shape index (κ1) is 18.3. The van der Waals surface area contributed by atoms with Crippen LogP contribution >= 0.6 is 11.6 Å². The molecule has 138 valence electrons. The Bertz CT molecular complexity index is 612. The topological polar surface area (TPSA) is 76.8 Å². The van der Waals surface area contributed by atoms with Crippen molar-refractivity contribution in [2.45, 2.75) is 37.8 Å². The van der Waals surface area contributed by atoms with E-state index in [0.29, 0.717) is 28.1 Å². The summed E-state index contributed by atoms with van der Waals surface area (Å²) in [5.41, 5.74) is 6.61. The van der Waals surface area contributed by atoms with Crippen molar-refractivity contribution in [1.29, 1.82) is 0 Å². The molecule has 1 aliphatic heterocycles. The van der Waals surface area contributed by atoms with Crippen LogP contribution in [0.25, 0.3) is 0 Å². The van der Waals surface area contributed by atoms with Crippen LogP contribution in [0.15, 0.2) is 12.1 Å². The number of nitrogens with two attached hydrogens (primary N) is 1. The van der Waals surface area contributed by atoms with Gasteiger partial charge in [-0.05, 0) is 31.7 Å². The summed E-state index contributed by atoms with van der Waals surface area (Å²) in [6, 6.07) is 3.96. The Hall–Kier alpha value is -1.50. The number of morpholine rings is 1. The van der Waals surface area contributed by atoms with Gasteiger partial charge in [-0.2, -0.15) is 0 Å². The van der Waals surface area contributed by atoms with Crippen LogP contribution in [-0.2, 0) is 4.74 Å². The van der Waals surface area contributed by atoms with Crippen molar-refractivity contribution in [3.63, 3.8) is 0 Å². The summed E-state index contributed by atoms with van der Waals surface area (Å²) < 4.78 is 10.7. The monoisotopic (exact) mass is 367 g/mol. The fraction of sp³-hybridized carbons (Fsp3) is 0.611. The smallest absolute Gasteiger partial charge is 0.255 e. The SMILES string of the molecule is COc1cc(N)c(Cl)cc1C(=O)NC1CCC(N2CCOCC2)CC1. The Morgan fingerprint density at radius 1 is 1.28 bits per heavy atom. The molecule has 3 N–H and O–H groups in total. The lowest BCUT2D eigenvalue weighted by Crippen LogP contribution is -2.47. The maximum absolute atomic E-state index is 12.6. The highest BCUT2D eigenvalue weighted by Crippen LogP contribution is 2.30. The van der Waals surface area contributed by atoms with Crippen molar-refractivity contribution in [3.05, 3.63) is 22.7 Å². The summed E-state index contributed by atoms with van der Waals surface area (Å²) >= 11 is 6.06. The van der Waals surface area contributed by atoms with Crippen LogP contribution in [0.4, 0.5) is 5.69 Å². The fourth-order valence-electron chi connectivity index (χ4n) is 3.71. The number of carbonyl (C=O) groups excluding carboxylic acids is 1. The number of amides is 1. The van der Waals surface area contributed by atoms with Gasteiger partial charge in [0.15, 0.2) is 0 Å². The number of anilines is 1. The number of nitrogens with one attached hydrogen (secondary N) is 1. The van der Waals surface area contributed by atoms with E-state index >= 15 is 0 Å². The van der Waals surface area contributed by atoms with Gasteiger partial charge in [0, 0.05) is 31.2 Å². The molecule has 0 radical (unpaired) electrons. The minimum absolute atomic E-state index is 0.159. The first-order chi connectivity index (χ1) is 12.1. The molecule has 1 saturated heterocycles. The molecule has 2 aliphatic rings. The van der Waals surface area contributed by atoms with Gasteiger partial charge in [-0.1, -0.05) is 11.6 Å². The van der Waals surface area contributed by atoms with Crippen LogP contribution in [0.1, 0.15) is 36.0 Å². The van der Waals surface area contributed by atoms with Gasteiger partial charge in [0.25, 0.3) is 5.91 Å². The molecule has 1 aromatic rings. The van der Waals surface area contributed by atoms with Gasteiger partial charge < -0.3 is 20.5 Å². The fourth-order valence-corrected chi connectivity index (χ4v) is 3.87. The molecule has 1 aromatic carbocycles. The third-order valence-electron chi connectivity index (χ3n) is 5.16. The van der Waals surface area contributed by atoms with Crippen molar-refractivity contribution < 1.29 is 14.3 Å². The minimum Gasteiger partial charge on any atom is -0.496 e. The summed E-state index contributed by atoms with van der Waals surface area (Å²) in [5.74, 6) is 0.287. The molecule has 1 aliphatic carbocycles. The number of hydrogen-bond acceptors (Lipinski definition) is 5. The number of carbonyl (C=O) groups is 1. The largest absolute Gasteiger partial charge is 0.496 e. The Kier molecular flexibility index (Phi) is 6.04. The first-order valence-electron chi connectivity index (χ1n) is 8.84. The summed E-state index contributed by atoms with van der Waals surface area (Å²) in [6.07, 6.45) is 4.17. The van der Waals surface area contributed by atoms with E-state index in [4.69, 9.17) is 26.8 Å². The average molecular weight is 368 g/mol. The lowest BCUT2D eigenvalue weighted by molar-refractivity contribution is 0.00664. The van der Waals surface area contributed by atoms with Crippen LogP contribution in [-0.4, -0.2) is 56.3 Å². The molecule has 0 aromatic heterocycles. The number of methoxy groups -OCH3 is 1. The van der Waals surface area contributed by atoms with E-state index in [1.165, 1.54) is 7.11 Å². The van der Waals surface area contributed by atoms with Gasteiger partial charge in [-0.3, -0.25) is 9.69 Å². The number of nitrogen functional groups attached to an aromatic ring is 1. The molecule has 0 bridgehead atoms. The molecule has 1 amide bonds. The second-order valence-corrected chi connectivity index (χ2v) is 7.11. The van der Waals surface area contributed by atoms with Gasteiger partial charge in [0.1, 0.15) is 5.75 Å². The highest BCUT2D eigenvalue weighted by molar-refractivity contribution is 6.33. The van der Waals surface area contributed by atoms with E-state index < -0.39 is 0 Å². The molecule has 2 fully saturated rings. The second kappa shape index (κ2) is 8.25. The van der Waals surface area contributed by atoms with Crippen molar-refractivity contribution in [2.24, 2.45) is 0 Å². The van der Waals surface area contributed by atoms with E-state index in [1.54, 1.807) is 12.1 Å². The maximum Gasteiger partial charge on any atom is 0.255 e. The second-order valence-electron chi connectivity index (χ2n) is 6.70. The standard InChI is InChI=1S/C18H26ClN3O3/c1-24-17-11-16(20)15(19)10-14(17)18(23)21-12-2-4-13(5-3-12)22-6-8-25-9-7-22/h10-13H,2-9,20H2,1H3,(H,21,23). The molecule has 1 saturated carbocycles. The quantitative estimate of drug-likeness (QED) is 0.798. The van der Waals surface area contributed by atoms with E-state index in [1.807, 2.05) is 0 Å². The molecule has 3 rings (SSSR count). The van der Waals surface area contributed by atoms with E-state index in [2.05, 4.69) is 10.2 Å². The molecule has 0 atom stereocenters. The van der Waals surface area contributed by atoms with Crippen LogP contribution < -0.4 is 15.8 Å². The van der Waals surface area contributed by atoms with E-state index in [9.17, 15) is 4.79 Å². The highest BCUT2D eigenvalue weighted by Gasteiger charge is 2.28. The molecule has 0 spiro atoms. The Labute approximate surface area is 153 Å². The van der Waals surface area contributed by atoms with Crippen molar-refractivity contribution in [2.75, 3.05) is 39.1 Å². The zero-order chi connectivity index (χ0) is 17.8. The normalized spacial score (nSPS) is 24.7. The van der Waals surface area contributed by atoms with Crippen LogP contribution in [0, 0.1) is 0 Å². The average Bonchev–Trinajstić information content (AvgIpc) is 2.65. The molecule has 6 nitrogen and oxygen atoms in total. The van der Waals surface area contributed by atoms with E-state index in [-0.39, 0.29) is 11.9 Å². The number of ether oxygens (including phenoxy) is 2. The number of rotatable bonds is 4. The third-order valence-corrected chi connectivity index (χ3v) is 5.48. The summed E-state index contributed by atoms with van der Waals surface area (Å²) in [4.78, 5) is 15.1. The molecular weight excluding hydrogens is 342 g/mol. The predicted molar refractivity (Wildman–Crippen MR) is 98.3 cm³/mol. The predicted octanol–water partition coefficient (Wildman–Crippen LogP) is 2.30. The lowest BCUT2D eigenvalue weighted by Gasteiger charge is -2.38. The van der Waals surface area contributed by atoms with Crippen LogP contribution in [0.5, 0.6) is 5.75 Å². The van der Waals surface area contributed by atoms with Gasteiger partial charge in [-0.15, -0.1) is 0 Å². The molecule has 7 heteroatoms. The van der Waals surface area contributed by atoms with E-state index in [0.717, 1.165) is 52.0 Å². The highest BCUT2D eigenvalue weighted by atomic mass is 35.5. The summed E-state index contributed by atoms with van der Waals surface area (Å²) in [6.45, 7) is 3.69. The zero-order valence-electron chi connectivity index (χ0n) is 14.6. The Morgan fingerprint density at radius 2 is 1.96 bits per heavy atom. The van der Waals surface area contributed by atoms with Gasteiger partial charge in [-0.25, -0.2) is 0 Å². The van der Waals surface area contributed by atoms with Crippen LogP contribution in [0.2, 0.25) is 5.02 Å². The van der Waals surface area contributed by atoms with Gasteiger partial charge in [0.2, 0.25) is 0 Å². The molecule has 0 unspecified atom stereocenters. The zero-order valence-corrected chi connectivity index (χ0v) is 15.3. The minimum atomic E-state index is -0.159. The molecule has 1 heterocycles. The van der Waals surface area contributed by atoms with Crippen molar-refractivity contribution in [3.8, 4) is 5.75 Å². The third kappa shape index (κ3) is 4.37. The number of nitrogens with zero attached hydrogens (tertiary/aromatic N) is 1. The summed E-state index contributed by atoms with van der Waals surface area (Å²) in [7, 11) is 1.52. The maximum atomic E-state index is 12.6. The number of benzene rings is 1. The molecule has 25 heavy (non-hydrogen) atoms. The number of hydrogen-bond donors (Lipinski definition) is 2. The van der Waals surface area contributed by atoms with Crippen molar-refractivity contribution in [1.82, 2.24) is 10.2 Å². The Morgan fingerprint density at radius 3 is 2.60 bits per heavy atom. The first-order valence-corrected chi connectivity index (χ1v) is 9.22. The van der Waals surface area contributed by atoms with Crippen molar-refractivity contribution >= 4 is 23.2 Å². The Balaban J connectivity index is 1.57. The number of halogens is 1. The molecular formula is C18H26ClN3O3. The van der Waals surface area contributed by atoms with Crippen LogP contribution in [0.3, 0.4) is 0 Å². The van der Waals surface area contributed by atoms with Gasteiger partial charge in [0.05, 0.1) is 36.6 Å².